The van der Waals surface area contributed by atoms with Gasteiger partial charge in [-0.05, 0) is 37.3 Å². The topological polar surface area (TPSA) is 32.3 Å². The van der Waals surface area contributed by atoms with Crippen molar-refractivity contribution in [2.75, 3.05) is 18.4 Å². The molecule has 1 fully saturated rings. The van der Waals surface area contributed by atoms with E-state index in [4.69, 9.17) is 12.2 Å². The van der Waals surface area contributed by atoms with E-state index in [1.807, 2.05) is 25.1 Å². The van der Waals surface area contributed by atoms with Gasteiger partial charge in [0.15, 0.2) is 0 Å². The Morgan fingerprint density at radius 2 is 1.86 bits per heavy atom. The molecule has 1 N–H and O–H groups in total. The van der Waals surface area contributed by atoms with Gasteiger partial charge >= 0.3 is 0 Å². The molecular formula is C17H24N2OS2. The molecule has 1 amide bonds. The van der Waals surface area contributed by atoms with E-state index in [0.29, 0.717) is 5.92 Å². The van der Waals surface area contributed by atoms with Crippen molar-refractivity contribution >= 4 is 39.9 Å². The van der Waals surface area contributed by atoms with Gasteiger partial charge in [0.05, 0.1) is 5.25 Å². The Morgan fingerprint density at radius 1 is 1.23 bits per heavy atom. The Morgan fingerprint density at radius 3 is 2.50 bits per heavy atom. The van der Waals surface area contributed by atoms with Gasteiger partial charge in [-0.2, -0.15) is 0 Å². The minimum absolute atomic E-state index is 0.0136. The second kappa shape index (κ2) is 7.97. The minimum Gasteiger partial charge on any atom is -0.358 e. The van der Waals surface area contributed by atoms with Crippen LogP contribution in [0, 0.1) is 0 Å². The zero-order chi connectivity index (χ0) is 16.1. The number of nitrogens with zero attached hydrogens (tertiary/aromatic N) is 1. The van der Waals surface area contributed by atoms with Crippen LogP contribution in [0.25, 0.3) is 0 Å². The van der Waals surface area contributed by atoms with Crippen molar-refractivity contribution in [1.82, 2.24) is 4.90 Å². The van der Waals surface area contributed by atoms with Crippen molar-refractivity contribution in [3.05, 3.63) is 29.8 Å². The number of thiocarbonyl (C=S) groups is 1. The molecule has 22 heavy (non-hydrogen) atoms. The molecule has 1 saturated heterocycles. The van der Waals surface area contributed by atoms with Crippen molar-refractivity contribution in [3.8, 4) is 0 Å². The fraction of sp³-hybridized carbons (Fsp3) is 0.529. The summed E-state index contributed by atoms with van der Waals surface area (Å²) in [6.07, 6.45) is 2.39. The number of amides is 1. The van der Waals surface area contributed by atoms with Crippen LogP contribution in [0.2, 0.25) is 0 Å². The van der Waals surface area contributed by atoms with Gasteiger partial charge in [-0.1, -0.05) is 56.0 Å². The van der Waals surface area contributed by atoms with E-state index in [-0.39, 0.29) is 11.2 Å². The Hall–Kier alpha value is -1.07. The molecule has 0 radical (unpaired) electrons. The zero-order valence-electron chi connectivity index (χ0n) is 13.5. The first-order valence-electron chi connectivity index (χ1n) is 7.84. The summed E-state index contributed by atoms with van der Waals surface area (Å²) in [7, 11) is 0. The first-order valence-corrected chi connectivity index (χ1v) is 9.13. The van der Waals surface area contributed by atoms with Gasteiger partial charge in [-0.15, -0.1) is 0 Å². The summed E-state index contributed by atoms with van der Waals surface area (Å²) in [6, 6.07) is 7.98. The molecule has 1 aromatic rings. The largest absolute Gasteiger partial charge is 0.358 e. The average Bonchev–Trinajstić information content (AvgIpc) is 3.01. The first-order chi connectivity index (χ1) is 10.5. The highest BCUT2D eigenvalue weighted by Gasteiger charge is 2.22. The average molecular weight is 337 g/mol. The van der Waals surface area contributed by atoms with E-state index in [1.165, 1.54) is 24.6 Å². The molecule has 1 aliphatic heterocycles. The van der Waals surface area contributed by atoms with Crippen molar-refractivity contribution in [2.24, 2.45) is 0 Å². The lowest BCUT2D eigenvalue weighted by atomic mass is 10.0. The number of likely N-dealkylation sites (tertiary alicyclic amines) is 1. The molecule has 3 nitrogen and oxygen atoms in total. The predicted octanol–water partition coefficient (Wildman–Crippen LogP) is 4.25. The number of nitrogens with one attached hydrogen (secondary N) is 1. The number of hydrogen-bond acceptors (Lipinski definition) is 3. The third-order valence-corrected chi connectivity index (χ3v) is 5.43. The molecule has 2 rings (SSSR count). The number of rotatable bonds is 4. The number of anilines is 1. The first kappa shape index (κ1) is 17.3. The van der Waals surface area contributed by atoms with Crippen LogP contribution >= 0.6 is 24.0 Å². The molecular weight excluding hydrogens is 312 g/mol. The SMILES string of the molecule is CC(SC(=S)N1CCCC1)C(=O)Nc1ccccc1C(C)C. The molecule has 1 atom stereocenters. The Labute approximate surface area is 142 Å². The van der Waals surface area contributed by atoms with E-state index < -0.39 is 0 Å². The molecule has 0 aliphatic carbocycles. The van der Waals surface area contributed by atoms with Crippen molar-refractivity contribution < 1.29 is 4.79 Å². The van der Waals surface area contributed by atoms with Crippen LogP contribution in [0.5, 0.6) is 0 Å². The molecule has 1 aliphatic rings. The fourth-order valence-corrected chi connectivity index (χ4v) is 3.94. The summed E-state index contributed by atoms with van der Waals surface area (Å²) < 4.78 is 0.845. The summed E-state index contributed by atoms with van der Waals surface area (Å²) in [4.78, 5) is 14.6. The van der Waals surface area contributed by atoms with E-state index in [2.05, 4.69) is 30.1 Å². The molecule has 1 aromatic carbocycles. The highest BCUT2D eigenvalue weighted by molar-refractivity contribution is 8.23. The van der Waals surface area contributed by atoms with E-state index in [9.17, 15) is 4.79 Å². The molecule has 0 bridgehead atoms. The highest BCUT2D eigenvalue weighted by atomic mass is 32.2. The lowest BCUT2D eigenvalue weighted by Gasteiger charge is -2.21. The van der Waals surface area contributed by atoms with Gasteiger partial charge in [0.2, 0.25) is 5.91 Å². The van der Waals surface area contributed by atoms with Crippen LogP contribution in [0.3, 0.4) is 0 Å². The normalized spacial score (nSPS) is 15.9. The summed E-state index contributed by atoms with van der Waals surface area (Å²) in [6.45, 7) is 8.23. The summed E-state index contributed by atoms with van der Waals surface area (Å²) in [5.41, 5.74) is 2.07. The molecule has 0 spiro atoms. The number of para-hydroxylation sites is 1. The van der Waals surface area contributed by atoms with E-state index in [1.54, 1.807) is 0 Å². The maximum absolute atomic E-state index is 12.4. The van der Waals surface area contributed by atoms with E-state index >= 15 is 0 Å². The van der Waals surface area contributed by atoms with Gasteiger partial charge in [-0.25, -0.2) is 0 Å². The maximum atomic E-state index is 12.4. The van der Waals surface area contributed by atoms with Crippen LogP contribution < -0.4 is 5.32 Å². The van der Waals surface area contributed by atoms with Gasteiger partial charge in [-0.3, -0.25) is 4.79 Å². The van der Waals surface area contributed by atoms with E-state index in [0.717, 1.165) is 28.7 Å². The number of benzene rings is 1. The van der Waals surface area contributed by atoms with Crippen LogP contribution in [-0.4, -0.2) is 33.5 Å². The Bertz CT molecular complexity index is 539. The third kappa shape index (κ3) is 4.46. The summed E-state index contributed by atoms with van der Waals surface area (Å²) >= 11 is 6.93. The minimum atomic E-state index is -0.187. The second-order valence-corrected chi connectivity index (χ2v) is 7.93. The summed E-state index contributed by atoms with van der Waals surface area (Å²) in [5.74, 6) is 0.393. The van der Waals surface area contributed by atoms with Gasteiger partial charge in [0.1, 0.15) is 4.32 Å². The fourth-order valence-electron chi connectivity index (χ4n) is 2.53. The monoisotopic (exact) mass is 336 g/mol. The van der Waals surface area contributed by atoms with Crippen LogP contribution in [0.4, 0.5) is 5.69 Å². The summed E-state index contributed by atoms with van der Waals surface area (Å²) in [5, 5.41) is 2.86. The lowest BCUT2D eigenvalue weighted by molar-refractivity contribution is -0.115. The highest BCUT2D eigenvalue weighted by Crippen LogP contribution is 2.26. The lowest BCUT2D eigenvalue weighted by Crippen LogP contribution is -2.29. The maximum Gasteiger partial charge on any atom is 0.237 e. The predicted molar refractivity (Wildman–Crippen MR) is 99.6 cm³/mol. The Kier molecular flexibility index (Phi) is 6.26. The van der Waals surface area contributed by atoms with Gasteiger partial charge < -0.3 is 10.2 Å². The molecule has 120 valence electrons. The standard InChI is InChI=1S/C17H24N2OS2/c1-12(2)14-8-4-5-9-15(14)18-16(20)13(3)22-17(21)19-10-6-7-11-19/h4-5,8-9,12-13H,6-7,10-11H2,1-3H3,(H,18,20). The van der Waals surface area contributed by atoms with Crippen LogP contribution in [0.15, 0.2) is 24.3 Å². The number of carbonyl (C=O) groups excluding carboxylic acids is 1. The van der Waals surface area contributed by atoms with Gasteiger partial charge in [0.25, 0.3) is 0 Å². The van der Waals surface area contributed by atoms with Crippen molar-refractivity contribution in [2.45, 2.75) is 44.8 Å². The van der Waals surface area contributed by atoms with Crippen LogP contribution in [0.1, 0.15) is 45.1 Å². The van der Waals surface area contributed by atoms with Crippen LogP contribution in [-0.2, 0) is 4.79 Å². The number of hydrogen-bond donors (Lipinski definition) is 1. The van der Waals surface area contributed by atoms with Crippen molar-refractivity contribution in [1.29, 1.82) is 0 Å². The van der Waals surface area contributed by atoms with Gasteiger partial charge in [0, 0.05) is 18.8 Å². The quantitative estimate of drug-likeness (QED) is 0.833. The molecule has 1 unspecified atom stereocenters. The number of carbonyl (C=O) groups is 1. The Balaban J connectivity index is 1.95. The van der Waals surface area contributed by atoms with Crippen molar-refractivity contribution in [3.63, 3.8) is 0 Å². The second-order valence-electron chi connectivity index (χ2n) is 5.95. The molecule has 0 aromatic heterocycles. The number of thioether (sulfide) groups is 1. The molecule has 1 heterocycles. The zero-order valence-corrected chi connectivity index (χ0v) is 15.1. The molecule has 0 saturated carbocycles. The smallest absolute Gasteiger partial charge is 0.237 e. The molecule has 5 heteroatoms. The third-order valence-electron chi connectivity index (χ3n) is 3.85.